The number of nitrogens with zero attached hydrogens (tertiary/aromatic N) is 2. The highest BCUT2D eigenvalue weighted by atomic mass is 15.0. The molecule has 2 aliphatic heterocycles. The van der Waals surface area contributed by atoms with Gasteiger partial charge in [-0.15, -0.1) is 0 Å². The maximum absolute atomic E-state index is 2.79. The minimum atomic E-state index is -0.0597. The lowest BCUT2D eigenvalue weighted by Gasteiger charge is -2.37. The molecule has 11 rings (SSSR count). The molecule has 0 N–H and O–H groups in total. The highest BCUT2D eigenvalue weighted by Gasteiger charge is 2.44. The number of aryl methyl sites for hydroxylation is 1. The molecule has 3 heteroatoms. The average molecular weight is 751 g/mol. The van der Waals surface area contributed by atoms with Crippen molar-refractivity contribution in [2.45, 2.75) is 85.5 Å². The van der Waals surface area contributed by atoms with Gasteiger partial charge in [-0.3, -0.25) is 0 Å². The van der Waals surface area contributed by atoms with Crippen molar-refractivity contribution in [3.05, 3.63) is 150 Å². The van der Waals surface area contributed by atoms with Gasteiger partial charge in [0.25, 0.3) is 0 Å². The Morgan fingerprint density at radius 3 is 1.88 bits per heavy atom. The Balaban J connectivity index is 1.44. The first kappa shape index (κ1) is 35.4. The van der Waals surface area contributed by atoms with Gasteiger partial charge < -0.3 is 9.05 Å². The van der Waals surface area contributed by atoms with E-state index in [1.54, 1.807) is 0 Å². The molecule has 4 heterocycles. The fraction of sp³-hybridized carbons (Fsp3) is 0.236. The molecule has 0 saturated heterocycles. The third-order valence-electron chi connectivity index (χ3n) is 13.5. The van der Waals surface area contributed by atoms with E-state index in [2.05, 4.69) is 206 Å². The summed E-state index contributed by atoms with van der Waals surface area (Å²) >= 11 is 0. The van der Waals surface area contributed by atoms with Crippen molar-refractivity contribution in [2.75, 3.05) is 0 Å². The Hall–Kier alpha value is -5.80. The van der Waals surface area contributed by atoms with E-state index in [0.29, 0.717) is 0 Å². The second-order valence-corrected chi connectivity index (χ2v) is 20.3. The van der Waals surface area contributed by atoms with Gasteiger partial charge in [-0.05, 0) is 114 Å². The number of aromatic nitrogens is 2. The van der Waals surface area contributed by atoms with Crippen LogP contribution in [0.5, 0.6) is 0 Å². The van der Waals surface area contributed by atoms with Crippen LogP contribution in [0.15, 0.2) is 127 Å². The second kappa shape index (κ2) is 11.7. The van der Waals surface area contributed by atoms with Crippen LogP contribution < -0.4 is 10.9 Å². The molecule has 7 aromatic carbocycles. The lowest BCUT2D eigenvalue weighted by Crippen LogP contribution is -2.56. The number of hydrogen-bond acceptors (Lipinski definition) is 0. The molecule has 2 aromatic heterocycles. The van der Waals surface area contributed by atoms with Crippen molar-refractivity contribution in [2.24, 2.45) is 0 Å². The predicted octanol–water partition coefficient (Wildman–Crippen LogP) is 13.4. The molecule has 0 fully saturated rings. The van der Waals surface area contributed by atoms with E-state index in [0.717, 1.165) is 0 Å². The van der Waals surface area contributed by atoms with E-state index >= 15 is 0 Å². The van der Waals surface area contributed by atoms with Crippen LogP contribution in [0.3, 0.4) is 0 Å². The first-order valence-electron chi connectivity index (χ1n) is 21.1. The van der Waals surface area contributed by atoms with Crippen LogP contribution in [0.25, 0.3) is 82.7 Å². The van der Waals surface area contributed by atoms with Crippen LogP contribution in [0, 0.1) is 6.92 Å². The molecule has 9 aromatic rings. The SMILES string of the molecule is Cc1ccccc1-c1c(-c2ccccc2)n2c3c(cc4ccccc4c13)-c1cc(C(C)(C)C)cc3c1B2c1cc(C(C)(C)C)cc2c4cc(C(C)(C)C)ccc4n-3c12. The van der Waals surface area contributed by atoms with E-state index < -0.39 is 0 Å². The fourth-order valence-corrected chi connectivity index (χ4v) is 10.4. The fourth-order valence-electron chi connectivity index (χ4n) is 10.4. The van der Waals surface area contributed by atoms with Gasteiger partial charge in [0.15, 0.2) is 0 Å². The summed E-state index contributed by atoms with van der Waals surface area (Å²) < 4.78 is 5.44. The maximum atomic E-state index is 2.79. The van der Waals surface area contributed by atoms with Crippen molar-refractivity contribution in [3.8, 4) is 39.2 Å². The summed E-state index contributed by atoms with van der Waals surface area (Å²) in [5, 5.41) is 6.62. The number of rotatable bonds is 2. The van der Waals surface area contributed by atoms with Gasteiger partial charge in [0.2, 0.25) is 0 Å². The minimum Gasteiger partial charge on any atom is -0.375 e. The highest BCUT2D eigenvalue weighted by molar-refractivity contribution is 6.90. The zero-order chi connectivity index (χ0) is 40.2. The number of benzene rings is 7. The molecule has 0 aliphatic carbocycles. The molecular weight excluding hydrogens is 699 g/mol. The van der Waals surface area contributed by atoms with Gasteiger partial charge in [0.05, 0.1) is 11.0 Å². The van der Waals surface area contributed by atoms with Crippen molar-refractivity contribution in [1.82, 2.24) is 9.05 Å². The normalized spacial score (nSPS) is 13.7. The molecule has 58 heavy (non-hydrogen) atoms. The summed E-state index contributed by atoms with van der Waals surface area (Å²) in [6, 6.07) is 49.3. The highest BCUT2D eigenvalue weighted by Crippen LogP contribution is 2.52. The van der Waals surface area contributed by atoms with Gasteiger partial charge in [0, 0.05) is 44.2 Å². The van der Waals surface area contributed by atoms with E-state index in [1.165, 1.54) is 116 Å². The molecule has 0 spiro atoms. The molecular formula is C55H51BN2. The van der Waals surface area contributed by atoms with Crippen LogP contribution in [-0.4, -0.2) is 15.9 Å². The molecule has 0 unspecified atom stereocenters. The zero-order valence-corrected chi connectivity index (χ0v) is 35.6. The van der Waals surface area contributed by atoms with E-state index in [4.69, 9.17) is 0 Å². The lowest BCUT2D eigenvalue weighted by atomic mass is 9.45. The second-order valence-electron chi connectivity index (χ2n) is 20.3. The Morgan fingerprint density at radius 1 is 0.500 bits per heavy atom. The van der Waals surface area contributed by atoms with E-state index in [9.17, 15) is 0 Å². The van der Waals surface area contributed by atoms with Crippen molar-refractivity contribution < 1.29 is 0 Å². The Bertz CT molecular complexity index is 3220. The van der Waals surface area contributed by atoms with E-state index in [1.807, 2.05) is 0 Å². The lowest BCUT2D eigenvalue weighted by molar-refractivity contribution is 0.590. The zero-order valence-electron chi connectivity index (χ0n) is 35.6. The van der Waals surface area contributed by atoms with Crippen LogP contribution in [0.1, 0.15) is 84.6 Å². The Labute approximate surface area is 343 Å². The van der Waals surface area contributed by atoms with Crippen LogP contribution in [-0.2, 0) is 16.2 Å². The summed E-state index contributed by atoms with van der Waals surface area (Å²) in [6.45, 7) is 23.5. The van der Waals surface area contributed by atoms with Gasteiger partial charge in [-0.1, -0.05) is 159 Å². The molecule has 2 nitrogen and oxygen atoms in total. The Morgan fingerprint density at radius 2 is 1.16 bits per heavy atom. The molecule has 0 radical (unpaired) electrons. The quantitative estimate of drug-likeness (QED) is 0.156. The first-order valence-corrected chi connectivity index (χ1v) is 21.1. The largest absolute Gasteiger partial charge is 0.375 e. The van der Waals surface area contributed by atoms with Crippen molar-refractivity contribution in [3.63, 3.8) is 0 Å². The molecule has 2 aliphatic rings. The summed E-state index contributed by atoms with van der Waals surface area (Å²) in [5.74, 6) is 0. The monoisotopic (exact) mass is 750 g/mol. The van der Waals surface area contributed by atoms with Crippen molar-refractivity contribution >= 4 is 61.3 Å². The topological polar surface area (TPSA) is 9.86 Å². The third-order valence-corrected chi connectivity index (χ3v) is 13.5. The molecule has 0 atom stereocenters. The third kappa shape index (κ3) is 4.80. The smallest absolute Gasteiger partial charge is 0.333 e. The van der Waals surface area contributed by atoms with Gasteiger partial charge in [0.1, 0.15) is 0 Å². The van der Waals surface area contributed by atoms with Crippen LogP contribution >= 0.6 is 0 Å². The number of fused-ring (bicyclic) bond motifs is 9. The van der Waals surface area contributed by atoms with Crippen LogP contribution in [0.4, 0.5) is 0 Å². The van der Waals surface area contributed by atoms with Crippen molar-refractivity contribution in [1.29, 1.82) is 0 Å². The van der Waals surface area contributed by atoms with Gasteiger partial charge in [-0.25, -0.2) is 0 Å². The molecule has 0 bridgehead atoms. The first-order chi connectivity index (χ1) is 27.6. The molecule has 284 valence electrons. The number of hydrogen-bond donors (Lipinski definition) is 0. The summed E-state index contributed by atoms with van der Waals surface area (Å²) in [6.07, 6.45) is 0. The summed E-state index contributed by atoms with van der Waals surface area (Å²) in [7, 11) is 0. The summed E-state index contributed by atoms with van der Waals surface area (Å²) in [4.78, 5) is 0. The van der Waals surface area contributed by atoms with Gasteiger partial charge >= 0.3 is 6.85 Å². The molecule has 0 saturated carbocycles. The van der Waals surface area contributed by atoms with Crippen LogP contribution in [0.2, 0.25) is 0 Å². The predicted molar refractivity (Wildman–Crippen MR) is 251 cm³/mol. The Kier molecular flexibility index (Phi) is 7.11. The average Bonchev–Trinajstić information content (AvgIpc) is 3.71. The molecule has 0 amide bonds. The summed E-state index contributed by atoms with van der Waals surface area (Å²) in [5.41, 5.74) is 21.2. The minimum absolute atomic E-state index is 0.0279. The van der Waals surface area contributed by atoms with Gasteiger partial charge in [-0.2, -0.15) is 0 Å². The maximum Gasteiger partial charge on any atom is 0.333 e. The standard InChI is InChI=1S/C55H51BN2/c1-32-18-14-16-22-38(32)47-48-39-23-17-15-21-34(39)26-42-41-28-37(55(8,9)10)31-46-49(41)56(58(52(42)48)50(47)33-19-12-11-13-20-33)44-30-36(54(5,6)7)29-43-40-27-35(53(2,3)4)24-25-45(40)57(46)51(43)44/h11-31H,1-10H3. The van der Waals surface area contributed by atoms with E-state index in [-0.39, 0.29) is 23.1 Å².